The second-order valence-electron chi connectivity index (χ2n) is 7.21. The number of fused-ring (bicyclic) bond motifs is 2. The maximum absolute atomic E-state index is 11.4. The normalized spacial score (nSPS) is 13.4. The Kier molecular flexibility index (Phi) is 5.16. The SMILES string of the molecule is CS(=O)(=O)NCc1cccc(C=C2c3ccccc3CCc3ccccc32)c1. The molecule has 3 aromatic rings. The van der Waals surface area contributed by atoms with Crippen LogP contribution in [-0.2, 0) is 29.4 Å². The van der Waals surface area contributed by atoms with Gasteiger partial charge in [-0.1, -0.05) is 72.8 Å². The largest absolute Gasteiger partial charge is 0.213 e. The van der Waals surface area contributed by atoms with E-state index in [2.05, 4.69) is 65.4 Å². The molecular formula is C24H23NO2S. The van der Waals surface area contributed by atoms with Crippen molar-refractivity contribution < 1.29 is 8.42 Å². The minimum absolute atomic E-state index is 0.295. The van der Waals surface area contributed by atoms with Gasteiger partial charge in [-0.05, 0) is 57.9 Å². The molecule has 3 aromatic carbocycles. The molecule has 1 aliphatic rings. The summed E-state index contributed by atoms with van der Waals surface area (Å²) in [6.45, 7) is 0.295. The molecule has 0 heterocycles. The minimum atomic E-state index is -3.21. The summed E-state index contributed by atoms with van der Waals surface area (Å²) in [6, 6.07) is 25.2. The van der Waals surface area contributed by atoms with E-state index in [0.29, 0.717) is 6.54 Å². The van der Waals surface area contributed by atoms with E-state index >= 15 is 0 Å². The van der Waals surface area contributed by atoms with Crippen LogP contribution < -0.4 is 4.72 Å². The van der Waals surface area contributed by atoms with Crippen LogP contribution in [0.5, 0.6) is 0 Å². The standard InChI is InChI=1S/C24H23NO2S/c1-28(26,27)25-17-19-8-6-7-18(15-19)16-24-22-11-4-2-9-20(22)13-14-21-10-3-5-12-23(21)24/h2-12,15-16,25H,13-14,17H2,1H3. The van der Waals surface area contributed by atoms with Crippen LogP contribution in [0.15, 0.2) is 72.8 Å². The summed E-state index contributed by atoms with van der Waals surface area (Å²) in [6.07, 6.45) is 5.46. The Morgan fingerprint density at radius 1 is 0.857 bits per heavy atom. The Morgan fingerprint density at radius 3 is 2.07 bits per heavy atom. The minimum Gasteiger partial charge on any atom is -0.213 e. The van der Waals surface area contributed by atoms with Crippen LogP contribution in [0.4, 0.5) is 0 Å². The summed E-state index contributed by atoms with van der Waals surface area (Å²) >= 11 is 0. The third kappa shape index (κ3) is 4.24. The third-order valence-electron chi connectivity index (χ3n) is 5.08. The van der Waals surface area contributed by atoms with Crippen LogP contribution in [0, 0.1) is 0 Å². The zero-order valence-electron chi connectivity index (χ0n) is 15.9. The average Bonchev–Trinajstić information content (AvgIpc) is 2.84. The molecule has 0 saturated heterocycles. The molecule has 0 spiro atoms. The molecule has 0 aromatic heterocycles. The number of aryl methyl sites for hydroxylation is 2. The molecule has 1 aliphatic carbocycles. The Hall–Kier alpha value is -2.69. The van der Waals surface area contributed by atoms with Gasteiger partial charge in [-0.3, -0.25) is 0 Å². The molecule has 0 bridgehead atoms. The van der Waals surface area contributed by atoms with Gasteiger partial charge < -0.3 is 0 Å². The van der Waals surface area contributed by atoms with Crippen molar-refractivity contribution >= 4 is 21.7 Å². The molecule has 0 radical (unpaired) electrons. The molecule has 4 rings (SSSR count). The predicted octanol–water partition coefficient (Wildman–Crippen LogP) is 4.42. The Balaban J connectivity index is 1.79. The van der Waals surface area contributed by atoms with Crippen LogP contribution in [-0.4, -0.2) is 14.7 Å². The zero-order chi connectivity index (χ0) is 19.6. The first kappa shape index (κ1) is 18.7. The molecule has 3 nitrogen and oxygen atoms in total. The molecule has 142 valence electrons. The van der Waals surface area contributed by atoms with Gasteiger partial charge in [0.25, 0.3) is 0 Å². The van der Waals surface area contributed by atoms with E-state index in [1.165, 1.54) is 34.1 Å². The molecule has 0 unspecified atom stereocenters. The van der Waals surface area contributed by atoms with E-state index < -0.39 is 10.0 Å². The van der Waals surface area contributed by atoms with Crippen molar-refractivity contribution in [1.82, 2.24) is 4.72 Å². The summed E-state index contributed by atoms with van der Waals surface area (Å²) in [7, 11) is -3.21. The first-order chi connectivity index (χ1) is 13.5. The summed E-state index contributed by atoms with van der Waals surface area (Å²) in [5.41, 5.74) is 8.49. The Morgan fingerprint density at radius 2 is 1.46 bits per heavy atom. The quantitative estimate of drug-likeness (QED) is 0.718. The lowest BCUT2D eigenvalue weighted by Gasteiger charge is -2.12. The summed E-state index contributed by atoms with van der Waals surface area (Å²) in [4.78, 5) is 0. The highest BCUT2D eigenvalue weighted by Gasteiger charge is 2.17. The van der Waals surface area contributed by atoms with Crippen LogP contribution in [0.3, 0.4) is 0 Å². The maximum atomic E-state index is 11.4. The van der Waals surface area contributed by atoms with Gasteiger partial charge in [0.1, 0.15) is 0 Å². The number of sulfonamides is 1. The van der Waals surface area contributed by atoms with E-state index in [-0.39, 0.29) is 0 Å². The number of nitrogens with one attached hydrogen (secondary N) is 1. The van der Waals surface area contributed by atoms with Gasteiger partial charge in [0, 0.05) is 6.54 Å². The third-order valence-corrected chi connectivity index (χ3v) is 5.75. The fourth-order valence-electron chi connectivity index (χ4n) is 3.75. The van der Waals surface area contributed by atoms with Crippen LogP contribution >= 0.6 is 0 Å². The van der Waals surface area contributed by atoms with E-state index in [4.69, 9.17) is 0 Å². The van der Waals surface area contributed by atoms with Crippen molar-refractivity contribution in [1.29, 1.82) is 0 Å². The van der Waals surface area contributed by atoms with E-state index in [1.54, 1.807) is 0 Å². The first-order valence-corrected chi connectivity index (χ1v) is 11.3. The molecule has 1 N–H and O–H groups in total. The van der Waals surface area contributed by atoms with Gasteiger partial charge in [0.2, 0.25) is 10.0 Å². The van der Waals surface area contributed by atoms with Crippen molar-refractivity contribution in [2.75, 3.05) is 6.26 Å². The second kappa shape index (κ2) is 7.74. The van der Waals surface area contributed by atoms with E-state index in [1.807, 2.05) is 18.2 Å². The molecule has 0 amide bonds. The van der Waals surface area contributed by atoms with Crippen molar-refractivity contribution in [3.05, 3.63) is 106 Å². The van der Waals surface area contributed by atoms with Gasteiger partial charge in [0.15, 0.2) is 0 Å². The highest BCUT2D eigenvalue weighted by Crippen LogP contribution is 2.34. The maximum Gasteiger partial charge on any atom is 0.209 e. The van der Waals surface area contributed by atoms with Gasteiger partial charge >= 0.3 is 0 Å². The molecule has 0 aliphatic heterocycles. The van der Waals surface area contributed by atoms with Crippen molar-refractivity contribution in [2.45, 2.75) is 19.4 Å². The lowest BCUT2D eigenvalue weighted by Crippen LogP contribution is -2.21. The second-order valence-corrected chi connectivity index (χ2v) is 9.04. The van der Waals surface area contributed by atoms with Gasteiger partial charge in [0.05, 0.1) is 6.26 Å². The lowest BCUT2D eigenvalue weighted by molar-refractivity contribution is 0.587. The lowest BCUT2D eigenvalue weighted by atomic mass is 9.92. The molecule has 28 heavy (non-hydrogen) atoms. The fraction of sp³-hybridized carbons (Fsp3) is 0.167. The molecule has 4 heteroatoms. The highest BCUT2D eigenvalue weighted by molar-refractivity contribution is 7.88. The molecule has 0 saturated carbocycles. The zero-order valence-corrected chi connectivity index (χ0v) is 16.7. The van der Waals surface area contributed by atoms with Crippen LogP contribution in [0.25, 0.3) is 11.6 Å². The first-order valence-electron chi connectivity index (χ1n) is 9.41. The number of hydrogen-bond acceptors (Lipinski definition) is 2. The number of benzene rings is 3. The summed E-state index contributed by atoms with van der Waals surface area (Å²) < 4.78 is 25.4. The Labute approximate surface area is 166 Å². The fourth-order valence-corrected chi connectivity index (χ4v) is 4.17. The predicted molar refractivity (Wildman–Crippen MR) is 115 cm³/mol. The summed E-state index contributed by atoms with van der Waals surface area (Å²) in [5, 5.41) is 0. The van der Waals surface area contributed by atoms with E-state index in [9.17, 15) is 8.42 Å². The van der Waals surface area contributed by atoms with Gasteiger partial charge in [-0.25, -0.2) is 13.1 Å². The topological polar surface area (TPSA) is 46.2 Å². The molecular weight excluding hydrogens is 366 g/mol. The monoisotopic (exact) mass is 389 g/mol. The van der Waals surface area contributed by atoms with Crippen LogP contribution in [0.1, 0.15) is 33.4 Å². The Bertz CT molecular complexity index is 1100. The van der Waals surface area contributed by atoms with Gasteiger partial charge in [-0.15, -0.1) is 0 Å². The molecule has 0 atom stereocenters. The van der Waals surface area contributed by atoms with Crippen molar-refractivity contribution in [3.63, 3.8) is 0 Å². The number of rotatable bonds is 4. The average molecular weight is 390 g/mol. The summed E-state index contributed by atoms with van der Waals surface area (Å²) in [5.74, 6) is 0. The van der Waals surface area contributed by atoms with E-state index in [0.717, 1.165) is 24.0 Å². The number of hydrogen-bond donors (Lipinski definition) is 1. The highest BCUT2D eigenvalue weighted by atomic mass is 32.2. The van der Waals surface area contributed by atoms with Gasteiger partial charge in [-0.2, -0.15) is 0 Å². The molecule has 0 fully saturated rings. The smallest absolute Gasteiger partial charge is 0.209 e. The van der Waals surface area contributed by atoms with Crippen LogP contribution in [0.2, 0.25) is 0 Å². The van der Waals surface area contributed by atoms with Crippen molar-refractivity contribution in [2.24, 2.45) is 0 Å². The van der Waals surface area contributed by atoms with Crippen molar-refractivity contribution in [3.8, 4) is 0 Å².